The highest BCUT2D eigenvalue weighted by Gasteiger charge is 2.18. The maximum atomic E-state index is 11.8. The van der Waals surface area contributed by atoms with E-state index in [9.17, 15) is 4.79 Å². The van der Waals surface area contributed by atoms with Crippen LogP contribution >= 0.6 is 0 Å². The highest BCUT2D eigenvalue weighted by atomic mass is 16.5. The number of carbonyl (C=O) groups is 1. The maximum Gasteiger partial charge on any atom is 0.339 e. The fourth-order valence-electron chi connectivity index (χ4n) is 2.80. The van der Waals surface area contributed by atoms with Gasteiger partial charge in [-0.2, -0.15) is 0 Å². The molecule has 0 aromatic carbocycles. The smallest absolute Gasteiger partial charge is 0.339 e. The van der Waals surface area contributed by atoms with Crippen LogP contribution in [0.4, 0.5) is 5.95 Å². The second kappa shape index (κ2) is 9.08. The van der Waals surface area contributed by atoms with Gasteiger partial charge in [0.25, 0.3) is 0 Å². The standard InChI is InChI=1S/C18H23N5O2/c24-17(16-5-3-6-19-15-16)25-14-2-1-9-22-10-12-23(13-11-22)18-20-7-4-8-21-18/h3-8,15H,1-2,9-14H2. The van der Waals surface area contributed by atoms with Crippen LogP contribution in [-0.4, -0.2) is 65.2 Å². The molecule has 0 atom stereocenters. The molecule has 0 radical (unpaired) electrons. The Morgan fingerprint density at radius 1 is 1.04 bits per heavy atom. The Labute approximate surface area is 147 Å². The van der Waals surface area contributed by atoms with Crippen molar-refractivity contribution in [1.29, 1.82) is 0 Å². The van der Waals surface area contributed by atoms with Gasteiger partial charge in [0.05, 0.1) is 12.2 Å². The predicted molar refractivity (Wildman–Crippen MR) is 94.4 cm³/mol. The SMILES string of the molecule is O=C(OCCCCN1CCN(c2ncccn2)CC1)c1cccnc1. The molecule has 0 unspecified atom stereocenters. The quantitative estimate of drug-likeness (QED) is 0.560. The second-order valence-electron chi connectivity index (χ2n) is 5.96. The van der Waals surface area contributed by atoms with Crippen molar-refractivity contribution in [2.24, 2.45) is 0 Å². The highest BCUT2D eigenvalue weighted by Crippen LogP contribution is 2.10. The molecule has 0 amide bonds. The van der Waals surface area contributed by atoms with E-state index in [1.807, 2.05) is 6.07 Å². The molecule has 132 valence electrons. The Hall–Kier alpha value is -2.54. The molecule has 2 aromatic heterocycles. The minimum Gasteiger partial charge on any atom is -0.462 e. The van der Waals surface area contributed by atoms with E-state index in [0.717, 1.165) is 51.5 Å². The topological polar surface area (TPSA) is 71.5 Å². The number of unbranched alkanes of at least 4 members (excludes halogenated alkanes) is 1. The first-order valence-corrected chi connectivity index (χ1v) is 8.64. The van der Waals surface area contributed by atoms with E-state index in [1.165, 1.54) is 6.20 Å². The number of ether oxygens (including phenoxy) is 1. The van der Waals surface area contributed by atoms with Crippen LogP contribution in [0.3, 0.4) is 0 Å². The van der Waals surface area contributed by atoms with Crippen molar-refractivity contribution >= 4 is 11.9 Å². The van der Waals surface area contributed by atoms with Crippen molar-refractivity contribution in [3.8, 4) is 0 Å². The summed E-state index contributed by atoms with van der Waals surface area (Å²) in [4.78, 5) is 29.0. The highest BCUT2D eigenvalue weighted by molar-refractivity contribution is 5.88. The van der Waals surface area contributed by atoms with E-state index in [0.29, 0.717) is 12.2 Å². The van der Waals surface area contributed by atoms with Crippen LogP contribution in [0.2, 0.25) is 0 Å². The van der Waals surface area contributed by atoms with Gasteiger partial charge in [-0.25, -0.2) is 14.8 Å². The zero-order chi connectivity index (χ0) is 17.3. The number of hydrogen-bond acceptors (Lipinski definition) is 7. The molecule has 25 heavy (non-hydrogen) atoms. The first kappa shape index (κ1) is 17.3. The van der Waals surface area contributed by atoms with Crippen LogP contribution < -0.4 is 4.90 Å². The van der Waals surface area contributed by atoms with Crippen molar-refractivity contribution in [2.45, 2.75) is 12.8 Å². The summed E-state index contributed by atoms with van der Waals surface area (Å²) in [5, 5.41) is 0. The van der Waals surface area contributed by atoms with Crippen molar-refractivity contribution in [1.82, 2.24) is 19.9 Å². The lowest BCUT2D eigenvalue weighted by Gasteiger charge is -2.34. The summed E-state index contributed by atoms with van der Waals surface area (Å²) < 4.78 is 5.27. The third-order valence-corrected chi connectivity index (χ3v) is 4.21. The van der Waals surface area contributed by atoms with Gasteiger partial charge in [0.1, 0.15) is 0 Å². The third kappa shape index (κ3) is 5.22. The molecule has 0 bridgehead atoms. The molecule has 0 saturated carbocycles. The zero-order valence-electron chi connectivity index (χ0n) is 14.3. The number of rotatable bonds is 7. The third-order valence-electron chi connectivity index (χ3n) is 4.21. The summed E-state index contributed by atoms with van der Waals surface area (Å²) in [6.45, 7) is 5.38. The van der Waals surface area contributed by atoms with Crippen molar-refractivity contribution < 1.29 is 9.53 Å². The molecule has 3 rings (SSSR count). The fourth-order valence-corrected chi connectivity index (χ4v) is 2.80. The van der Waals surface area contributed by atoms with Crippen LogP contribution in [0.15, 0.2) is 43.0 Å². The van der Waals surface area contributed by atoms with Gasteiger partial charge >= 0.3 is 5.97 Å². The monoisotopic (exact) mass is 341 g/mol. The van der Waals surface area contributed by atoms with Crippen LogP contribution in [0.1, 0.15) is 23.2 Å². The van der Waals surface area contributed by atoms with E-state index in [4.69, 9.17) is 4.74 Å². The van der Waals surface area contributed by atoms with E-state index in [-0.39, 0.29) is 5.97 Å². The van der Waals surface area contributed by atoms with Gasteiger partial charge in [-0.05, 0) is 37.6 Å². The summed E-state index contributed by atoms with van der Waals surface area (Å²) in [7, 11) is 0. The molecule has 7 heteroatoms. The molecule has 7 nitrogen and oxygen atoms in total. The summed E-state index contributed by atoms with van der Waals surface area (Å²) in [5.74, 6) is 0.508. The Balaban J connectivity index is 1.28. The lowest BCUT2D eigenvalue weighted by molar-refractivity contribution is 0.0494. The molecule has 1 aliphatic heterocycles. The van der Waals surface area contributed by atoms with E-state index < -0.39 is 0 Å². The summed E-state index contributed by atoms with van der Waals surface area (Å²) in [6, 6.07) is 5.28. The molecule has 3 heterocycles. The van der Waals surface area contributed by atoms with Crippen LogP contribution in [0.25, 0.3) is 0 Å². The number of nitrogens with zero attached hydrogens (tertiary/aromatic N) is 5. The van der Waals surface area contributed by atoms with E-state index >= 15 is 0 Å². The van der Waals surface area contributed by atoms with Crippen molar-refractivity contribution in [3.05, 3.63) is 48.5 Å². The van der Waals surface area contributed by atoms with Gasteiger partial charge in [0.2, 0.25) is 5.95 Å². The summed E-state index contributed by atoms with van der Waals surface area (Å²) in [5.41, 5.74) is 0.502. The van der Waals surface area contributed by atoms with E-state index in [2.05, 4.69) is 24.8 Å². The molecule has 2 aromatic rings. The van der Waals surface area contributed by atoms with Crippen LogP contribution in [0, 0.1) is 0 Å². The average Bonchev–Trinajstić information content (AvgIpc) is 2.69. The Kier molecular flexibility index (Phi) is 6.28. The summed E-state index contributed by atoms with van der Waals surface area (Å²) in [6.07, 6.45) is 8.61. The Morgan fingerprint density at radius 2 is 1.84 bits per heavy atom. The number of anilines is 1. The van der Waals surface area contributed by atoms with Crippen LogP contribution in [-0.2, 0) is 4.74 Å². The normalized spacial score (nSPS) is 15.1. The molecule has 0 spiro atoms. The number of esters is 1. The molecule has 1 fully saturated rings. The first-order chi connectivity index (χ1) is 12.3. The van der Waals surface area contributed by atoms with Gasteiger partial charge in [0.15, 0.2) is 0 Å². The lowest BCUT2D eigenvalue weighted by atomic mass is 10.2. The van der Waals surface area contributed by atoms with E-state index in [1.54, 1.807) is 30.7 Å². The summed E-state index contributed by atoms with van der Waals surface area (Å²) >= 11 is 0. The van der Waals surface area contributed by atoms with Crippen molar-refractivity contribution in [2.75, 3.05) is 44.2 Å². The van der Waals surface area contributed by atoms with Crippen molar-refractivity contribution in [3.63, 3.8) is 0 Å². The maximum absolute atomic E-state index is 11.8. The Morgan fingerprint density at radius 3 is 2.56 bits per heavy atom. The Bertz CT molecular complexity index is 645. The zero-order valence-corrected chi connectivity index (χ0v) is 14.3. The predicted octanol–water partition coefficient (Wildman–Crippen LogP) is 1.63. The largest absolute Gasteiger partial charge is 0.462 e. The number of hydrogen-bond donors (Lipinski definition) is 0. The molecular weight excluding hydrogens is 318 g/mol. The van der Waals surface area contributed by atoms with Gasteiger partial charge in [-0.1, -0.05) is 0 Å². The number of piperazine rings is 1. The first-order valence-electron chi connectivity index (χ1n) is 8.64. The second-order valence-corrected chi connectivity index (χ2v) is 5.96. The number of pyridine rings is 1. The van der Waals surface area contributed by atoms with Gasteiger partial charge in [0, 0.05) is 51.0 Å². The molecule has 1 aliphatic rings. The lowest BCUT2D eigenvalue weighted by Crippen LogP contribution is -2.47. The minimum atomic E-state index is -0.301. The van der Waals surface area contributed by atoms with Gasteiger partial charge < -0.3 is 9.64 Å². The number of aromatic nitrogens is 3. The molecule has 0 N–H and O–H groups in total. The van der Waals surface area contributed by atoms with Gasteiger partial charge in [-0.15, -0.1) is 0 Å². The fraction of sp³-hybridized carbons (Fsp3) is 0.444. The van der Waals surface area contributed by atoms with Gasteiger partial charge in [-0.3, -0.25) is 9.88 Å². The minimum absolute atomic E-state index is 0.301. The molecule has 0 aliphatic carbocycles. The number of carbonyl (C=O) groups excluding carboxylic acids is 1. The molecular formula is C18H23N5O2. The van der Waals surface area contributed by atoms with Crippen LogP contribution in [0.5, 0.6) is 0 Å². The average molecular weight is 341 g/mol. The molecule has 1 saturated heterocycles.